The number of quaternary nitrogens is 2. The van der Waals surface area contributed by atoms with Crippen LogP contribution in [0.5, 0.6) is 23.0 Å². The quantitative estimate of drug-likeness (QED) is 0.150. The molecule has 0 amide bonds. The van der Waals surface area contributed by atoms with Gasteiger partial charge in [0.1, 0.15) is 13.1 Å². The van der Waals surface area contributed by atoms with E-state index >= 15 is 0 Å². The highest BCUT2D eigenvalue weighted by atomic mass is 16.5. The van der Waals surface area contributed by atoms with Gasteiger partial charge < -0.3 is 27.9 Å². The molecule has 0 aliphatic carbocycles. The molecule has 0 aliphatic rings. The van der Waals surface area contributed by atoms with Gasteiger partial charge in [0.25, 0.3) is 0 Å². The number of nitrogens with zero attached hydrogens (tertiary/aromatic N) is 2. The molecule has 6 nitrogen and oxygen atoms in total. The van der Waals surface area contributed by atoms with Crippen LogP contribution in [0.4, 0.5) is 0 Å². The average molecular weight is 531 g/mol. The molecular formula is C32H54N2O4+2. The summed E-state index contributed by atoms with van der Waals surface area (Å²) in [5.74, 6) is 3.35. The summed E-state index contributed by atoms with van der Waals surface area (Å²) in [5, 5.41) is 0. The van der Waals surface area contributed by atoms with Gasteiger partial charge in [0.05, 0.1) is 80.8 Å². The smallest absolute Gasteiger partial charge is 0.169 e. The van der Waals surface area contributed by atoms with E-state index in [-0.39, 0.29) is 0 Å². The van der Waals surface area contributed by atoms with Crippen molar-refractivity contribution in [1.29, 1.82) is 0 Å². The maximum absolute atomic E-state index is 5.63. The van der Waals surface area contributed by atoms with Gasteiger partial charge in [0.2, 0.25) is 0 Å². The maximum Gasteiger partial charge on any atom is 0.169 e. The highest BCUT2D eigenvalue weighted by Crippen LogP contribution is 2.33. The zero-order valence-corrected chi connectivity index (χ0v) is 25.5. The van der Waals surface area contributed by atoms with E-state index in [1.165, 1.54) is 75.6 Å². The Kier molecular flexibility index (Phi) is 13.3. The Morgan fingerprint density at radius 2 is 0.816 bits per heavy atom. The SMILES string of the molecule is COc1cccc(C[N+](C)(C)CCCCCCCCCC[N+](C)(C)Cc2cccc(OC)c2OC)c1OC. The minimum absolute atomic E-state index is 0.810. The van der Waals surface area contributed by atoms with Crippen LogP contribution < -0.4 is 18.9 Å². The Hall–Kier alpha value is -2.44. The zero-order chi connectivity index (χ0) is 28.0. The van der Waals surface area contributed by atoms with E-state index in [2.05, 4.69) is 52.5 Å². The van der Waals surface area contributed by atoms with Crippen molar-refractivity contribution >= 4 is 0 Å². The highest BCUT2D eigenvalue weighted by Gasteiger charge is 2.21. The van der Waals surface area contributed by atoms with Gasteiger partial charge in [0.15, 0.2) is 23.0 Å². The maximum atomic E-state index is 5.63. The zero-order valence-electron chi connectivity index (χ0n) is 25.5. The molecule has 6 heteroatoms. The van der Waals surface area contributed by atoms with Crippen molar-refractivity contribution in [3.05, 3.63) is 47.5 Å². The summed E-state index contributed by atoms with van der Waals surface area (Å²) in [7, 11) is 16.1. The molecule has 0 atom stereocenters. The first-order chi connectivity index (χ1) is 18.2. The molecular weight excluding hydrogens is 476 g/mol. The molecule has 214 valence electrons. The number of benzene rings is 2. The molecule has 38 heavy (non-hydrogen) atoms. The Balaban J connectivity index is 1.60. The van der Waals surface area contributed by atoms with Crippen molar-refractivity contribution in [2.45, 2.75) is 64.5 Å². The normalized spacial score (nSPS) is 11.9. The minimum atomic E-state index is 0.810. The molecule has 0 unspecified atom stereocenters. The summed E-state index contributed by atoms with van der Waals surface area (Å²) in [4.78, 5) is 0. The summed E-state index contributed by atoms with van der Waals surface area (Å²) in [6.07, 6.45) is 10.5. The van der Waals surface area contributed by atoms with E-state index in [9.17, 15) is 0 Å². The predicted molar refractivity (Wildman–Crippen MR) is 157 cm³/mol. The van der Waals surface area contributed by atoms with E-state index in [0.717, 1.165) is 45.1 Å². The average Bonchev–Trinajstić information content (AvgIpc) is 2.88. The van der Waals surface area contributed by atoms with Crippen molar-refractivity contribution in [2.24, 2.45) is 0 Å². The van der Waals surface area contributed by atoms with Crippen molar-refractivity contribution in [3.63, 3.8) is 0 Å². The van der Waals surface area contributed by atoms with E-state index < -0.39 is 0 Å². The number of ether oxygens (including phenoxy) is 4. The second-order valence-electron chi connectivity index (χ2n) is 11.8. The number of unbranched alkanes of at least 4 members (excludes halogenated alkanes) is 7. The third kappa shape index (κ3) is 10.4. The van der Waals surface area contributed by atoms with Crippen molar-refractivity contribution < 1.29 is 27.9 Å². The molecule has 0 bridgehead atoms. The molecule has 0 saturated carbocycles. The van der Waals surface area contributed by atoms with Gasteiger partial charge in [-0.1, -0.05) is 37.8 Å². The Morgan fingerprint density at radius 1 is 0.474 bits per heavy atom. The third-order valence-corrected chi connectivity index (χ3v) is 7.44. The fourth-order valence-electron chi connectivity index (χ4n) is 5.38. The lowest BCUT2D eigenvalue weighted by Gasteiger charge is -2.31. The lowest BCUT2D eigenvalue weighted by Crippen LogP contribution is -2.39. The van der Waals surface area contributed by atoms with Crippen LogP contribution in [-0.2, 0) is 13.1 Å². The van der Waals surface area contributed by atoms with Crippen LogP contribution in [0.15, 0.2) is 36.4 Å². The fourth-order valence-corrected chi connectivity index (χ4v) is 5.38. The lowest BCUT2D eigenvalue weighted by molar-refractivity contribution is -0.903. The highest BCUT2D eigenvalue weighted by molar-refractivity contribution is 5.47. The van der Waals surface area contributed by atoms with Crippen LogP contribution in [0.3, 0.4) is 0 Å². The van der Waals surface area contributed by atoms with Crippen LogP contribution in [0.2, 0.25) is 0 Å². The van der Waals surface area contributed by atoms with Gasteiger partial charge in [-0.05, 0) is 49.9 Å². The van der Waals surface area contributed by atoms with Gasteiger partial charge in [-0.15, -0.1) is 0 Å². The van der Waals surface area contributed by atoms with Crippen LogP contribution in [0, 0.1) is 0 Å². The van der Waals surface area contributed by atoms with Gasteiger partial charge in [-0.2, -0.15) is 0 Å². The van der Waals surface area contributed by atoms with Crippen LogP contribution in [0.25, 0.3) is 0 Å². The van der Waals surface area contributed by atoms with Crippen molar-refractivity contribution in [3.8, 4) is 23.0 Å². The Labute approximate surface area is 232 Å². The van der Waals surface area contributed by atoms with Crippen LogP contribution in [-0.4, -0.2) is 78.7 Å². The predicted octanol–water partition coefficient (Wildman–Crippen LogP) is 6.69. The molecule has 2 rings (SSSR count). The fraction of sp³-hybridized carbons (Fsp3) is 0.625. The molecule has 2 aromatic rings. The molecule has 0 spiro atoms. The topological polar surface area (TPSA) is 36.9 Å². The molecule has 0 N–H and O–H groups in total. The summed E-state index contributed by atoms with van der Waals surface area (Å²) in [5.41, 5.74) is 2.42. The molecule has 0 fully saturated rings. The number of rotatable bonds is 19. The van der Waals surface area contributed by atoms with Gasteiger partial charge in [-0.25, -0.2) is 0 Å². The first kappa shape index (κ1) is 31.8. The number of methoxy groups -OCH3 is 4. The van der Waals surface area contributed by atoms with Gasteiger partial charge in [0, 0.05) is 0 Å². The molecule has 0 heterocycles. The van der Waals surface area contributed by atoms with Crippen LogP contribution in [0.1, 0.15) is 62.5 Å². The second kappa shape index (κ2) is 15.8. The Morgan fingerprint density at radius 3 is 1.13 bits per heavy atom. The van der Waals surface area contributed by atoms with E-state index in [1.807, 2.05) is 12.1 Å². The molecule has 0 radical (unpaired) electrons. The largest absolute Gasteiger partial charge is 0.493 e. The minimum Gasteiger partial charge on any atom is -0.493 e. The Bertz CT molecular complexity index is 881. The summed E-state index contributed by atoms with van der Waals surface area (Å²) in [6.45, 7) is 4.23. The van der Waals surface area contributed by atoms with E-state index in [0.29, 0.717) is 0 Å². The second-order valence-corrected chi connectivity index (χ2v) is 11.8. The first-order valence-electron chi connectivity index (χ1n) is 14.2. The van der Waals surface area contributed by atoms with E-state index in [4.69, 9.17) is 18.9 Å². The lowest BCUT2D eigenvalue weighted by atomic mass is 10.1. The standard InChI is InChI=1S/C32H54N2O4/c1-33(2,25-27-19-17-21-29(35-5)31(27)37-7)23-15-13-11-9-10-12-14-16-24-34(3,4)26-28-20-18-22-30(36-6)32(28)38-8/h17-22H,9-16,23-26H2,1-8H3/q+2. The van der Waals surface area contributed by atoms with Crippen molar-refractivity contribution in [1.82, 2.24) is 0 Å². The van der Waals surface area contributed by atoms with Crippen LogP contribution >= 0.6 is 0 Å². The molecule has 0 aliphatic heterocycles. The third-order valence-electron chi connectivity index (χ3n) is 7.44. The van der Waals surface area contributed by atoms with Gasteiger partial charge in [-0.3, -0.25) is 0 Å². The number of hydrogen-bond acceptors (Lipinski definition) is 4. The first-order valence-corrected chi connectivity index (χ1v) is 14.2. The summed E-state index contributed by atoms with van der Waals surface area (Å²) in [6, 6.07) is 12.3. The van der Waals surface area contributed by atoms with Crippen molar-refractivity contribution in [2.75, 3.05) is 69.7 Å². The number of hydrogen-bond donors (Lipinski definition) is 0. The molecule has 0 aromatic heterocycles. The summed E-state index contributed by atoms with van der Waals surface area (Å²) < 4.78 is 24.1. The molecule has 2 aromatic carbocycles. The number of para-hydroxylation sites is 2. The van der Waals surface area contributed by atoms with Gasteiger partial charge >= 0.3 is 0 Å². The van der Waals surface area contributed by atoms with E-state index in [1.54, 1.807) is 28.4 Å². The summed E-state index contributed by atoms with van der Waals surface area (Å²) >= 11 is 0. The monoisotopic (exact) mass is 530 g/mol. The molecule has 0 saturated heterocycles.